The summed E-state index contributed by atoms with van der Waals surface area (Å²) in [7, 11) is 0. The van der Waals surface area contributed by atoms with Gasteiger partial charge < -0.3 is 9.64 Å². The van der Waals surface area contributed by atoms with E-state index in [1.165, 1.54) is 23.0 Å². The molecule has 34 heavy (non-hydrogen) atoms. The van der Waals surface area contributed by atoms with Crippen molar-refractivity contribution in [3.05, 3.63) is 76.6 Å². The number of aromatic nitrogens is 2. The first kappa shape index (κ1) is 23.6. The number of para-hydroxylation sites is 1. The number of ether oxygens (including phenoxy) is 1. The van der Waals surface area contributed by atoms with E-state index >= 15 is 0 Å². The van der Waals surface area contributed by atoms with Gasteiger partial charge in [0.15, 0.2) is 6.61 Å². The Hall–Kier alpha value is -3.55. The van der Waals surface area contributed by atoms with E-state index in [9.17, 15) is 18.8 Å². The van der Waals surface area contributed by atoms with Crippen LogP contribution in [0, 0.1) is 5.82 Å². The molecule has 2 aromatic carbocycles. The van der Waals surface area contributed by atoms with Gasteiger partial charge in [0.25, 0.3) is 11.5 Å². The van der Waals surface area contributed by atoms with E-state index in [2.05, 4.69) is 4.98 Å². The summed E-state index contributed by atoms with van der Waals surface area (Å²) in [5.74, 6) is -1.15. The van der Waals surface area contributed by atoms with Crippen LogP contribution in [0.2, 0.25) is 0 Å². The fourth-order valence-corrected chi connectivity index (χ4v) is 4.37. The highest BCUT2D eigenvalue weighted by molar-refractivity contribution is 5.81. The van der Waals surface area contributed by atoms with Crippen molar-refractivity contribution >= 4 is 22.8 Å². The Kier molecular flexibility index (Phi) is 7.67. The number of fused-ring (bicyclic) bond motifs is 1. The fourth-order valence-electron chi connectivity index (χ4n) is 4.37. The topological polar surface area (TPSA) is 81.5 Å². The molecule has 1 amide bonds. The molecular formula is C26H28FN3O4. The molecule has 0 spiro atoms. The fraction of sp³-hybridized carbons (Fsp3) is 0.385. The Morgan fingerprint density at radius 2 is 1.79 bits per heavy atom. The second kappa shape index (κ2) is 11.0. The Bertz CT molecular complexity index is 1200. The summed E-state index contributed by atoms with van der Waals surface area (Å²) in [4.78, 5) is 43.9. The number of carbonyl (C=O) groups excluding carboxylic acids is 2. The van der Waals surface area contributed by atoms with Crippen molar-refractivity contribution in [1.29, 1.82) is 0 Å². The highest BCUT2D eigenvalue weighted by atomic mass is 19.1. The first-order chi connectivity index (χ1) is 16.5. The van der Waals surface area contributed by atoms with Crippen LogP contribution >= 0.6 is 0 Å². The zero-order chi connectivity index (χ0) is 23.9. The number of halogens is 1. The standard InChI is InChI=1S/C26H28FN3O4/c27-20-12-10-19(11-13-20)16-30(21-6-2-1-3-7-21)24(31)17-34-25(32)14-15-29-18-28-23-9-5-4-8-22(23)26(29)33/h4-5,8-13,18,21H,1-3,6-7,14-17H2. The van der Waals surface area contributed by atoms with Crippen LogP contribution in [0.25, 0.3) is 10.9 Å². The van der Waals surface area contributed by atoms with Crippen LogP contribution in [0.15, 0.2) is 59.7 Å². The van der Waals surface area contributed by atoms with Crippen molar-refractivity contribution in [2.45, 2.75) is 57.7 Å². The van der Waals surface area contributed by atoms with E-state index in [-0.39, 0.29) is 42.9 Å². The van der Waals surface area contributed by atoms with Crippen LogP contribution in [0.1, 0.15) is 44.1 Å². The molecule has 1 aromatic heterocycles. The maximum atomic E-state index is 13.3. The van der Waals surface area contributed by atoms with Crippen molar-refractivity contribution in [2.75, 3.05) is 6.61 Å². The van der Waals surface area contributed by atoms with Crippen molar-refractivity contribution in [3.63, 3.8) is 0 Å². The van der Waals surface area contributed by atoms with Gasteiger partial charge in [-0.05, 0) is 42.7 Å². The van der Waals surface area contributed by atoms with Crippen LogP contribution < -0.4 is 5.56 Å². The molecule has 1 fully saturated rings. The molecule has 7 nitrogen and oxygen atoms in total. The SMILES string of the molecule is O=C(CCn1cnc2ccccc2c1=O)OCC(=O)N(Cc1ccc(F)cc1)C1CCCCC1. The maximum absolute atomic E-state index is 13.3. The summed E-state index contributed by atoms with van der Waals surface area (Å²) < 4.78 is 19.9. The molecule has 0 radical (unpaired) electrons. The van der Waals surface area contributed by atoms with Gasteiger partial charge in [0.1, 0.15) is 5.82 Å². The number of hydrogen-bond acceptors (Lipinski definition) is 5. The molecule has 0 N–H and O–H groups in total. The zero-order valence-corrected chi connectivity index (χ0v) is 19.0. The first-order valence-corrected chi connectivity index (χ1v) is 11.6. The number of amides is 1. The lowest BCUT2D eigenvalue weighted by Gasteiger charge is -2.34. The van der Waals surface area contributed by atoms with Crippen molar-refractivity contribution in [3.8, 4) is 0 Å². The molecule has 0 unspecified atom stereocenters. The molecule has 0 aliphatic heterocycles. The predicted octanol–water partition coefficient (Wildman–Crippen LogP) is 3.83. The van der Waals surface area contributed by atoms with E-state index in [1.54, 1.807) is 41.3 Å². The third-order valence-corrected chi connectivity index (χ3v) is 6.25. The van der Waals surface area contributed by atoms with Crippen LogP contribution in [-0.4, -0.2) is 39.0 Å². The second-order valence-electron chi connectivity index (χ2n) is 8.61. The summed E-state index contributed by atoms with van der Waals surface area (Å²) >= 11 is 0. The van der Waals surface area contributed by atoms with E-state index in [1.807, 2.05) is 0 Å². The lowest BCUT2D eigenvalue weighted by Crippen LogP contribution is -2.43. The van der Waals surface area contributed by atoms with Gasteiger partial charge in [0, 0.05) is 19.1 Å². The van der Waals surface area contributed by atoms with Gasteiger partial charge in [-0.2, -0.15) is 0 Å². The molecule has 0 saturated heterocycles. The van der Waals surface area contributed by atoms with Gasteiger partial charge in [-0.25, -0.2) is 9.37 Å². The normalized spacial score (nSPS) is 14.1. The monoisotopic (exact) mass is 465 g/mol. The minimum atomic E-state index is -0.557. The number of benzene rings is 2. The number of aryl methyl sites for hydroxylation is 1. The van der Waals surface area contributed by atoms with Gasteiger partial charge in [0.2, 0.25) is 0 Å². The maximum Gasteiger partial charge on any atom is 0.308 e. The zero-order valence-electron chi connectivity index (χ0n) is 19.0. The highest BCUT2D eigenvalue weighted by Crippen LogP contribution is 2.24. The van der Waals surface area contributed by atoms with E-state index in [0.717, 1.165) is 37.7 Å². The molecule has 1 saturated carbocycles. The third kappa shape index (κ3) is 5.87. The molecule has 4 rings (SSSR count). The molecule has 1 heterocycles. The number of carbonyl (C=O) groups is 2. The third-order valence-electron chi connectivity index (χ3n) is 6.25. The van der Waals surface area contributed by atoms with Crippen LogP contribution in [-0.2, 0) is 27.4 Å². The Morgan fingerprint density at radius 1 is 1.06 bits per heavy atom. The molecule has 1 aliphatic rings. The largest absolute Gasteiger partial charge is 0.456 e. The lowest BCUT2D eigenvalue weighted by atomic mass is 9.93. The minimum Gasteiger partial charge on any atom is -0.456 e. The second-order valence-corrected chi connectivity index (χ2v) is 8.61. The number of nitrogens with zero attached hydrogens (tertiary/aromatic N) is 3. The summed E-state index contributed by atoms with van der Waals surface area (Å²) in [6.45, 7) is 0.104. The quantitative estimate of drug-likeness (QED) is 0.473. The van der Waals surface area contributed by atoms with E-state index < -0.39 is 5.97 Å². The molecule has 178 valence electrons. The van der Waals surface area contributed by atoms with Gasteiger partial charge in [0.05, 0.1) is 23.7 Å². The Labute approximate surface area is 197 Å². The van der Waals surface area contributed by atoms with Gasteiger partial charge in [-0.15, -0.1) is 0 Å². The Morgan fingerprint density at radius 3 is 2.56 bits per heavy atom. The molecule has 3 aromatic rings. The number of rotatable bonds is 8. The van der Waals surface area contributed by atoms with E-state index in [0.29, 0.717) is 17.4 Å². The predicted molar refractivity (Wildman–Crippen MR) is 125 cm³/mol. The smallest absolute Gasteiger partial charge is 0.308 e. The summed E-state index contributed by atoms with van der Waals surface area (Å²) in [5, 5.41) is 0.484. The average Bonchev–Trinajstić information content (AvgIpc) is 2.87. The van der Waals surface area contributed by atoms with Gasteiger partial charge >= 0.3 is 5.97 Å². The van der Waals surface area contributed by atoms with Gasteiger partial charge in [-0.3, -0.25) is 19.0 Å². The van der Waals surface area contributed by atoms with Crippen LogP contribution in [0.5, 0.6) is 0 Å². The van der Waals surface area contributed by atoms with Crippen molar-refractivity contribution < 1.29 is 18.7 Å². The highest BCUT2D eigenvalue weighted by Gasteiger charge is 2.26. The molecule has 0 bridgehead atoms. The number of hydrogen-bond donors (Lipinski definition) is 0. The summed E-state index contributed by atoms with van der Waals surface area (Å²) in [6.07, 6.45) is 6.41. The summed E-state index contributed by atoms with van der Waals surface area (Å²) in [5.41, 5.74) is 1.20. The first-order valence-electron chi connectivity index (χ1n) is 11.6. The van der Waals surface area contributed by atoms with Crippen LogP contribution in [0.3, 0.4) is 0 Å². The average molecular weight is 466 g/mol. The Balaban J connectivity index is 1.35. The minimum absolute atomic E-state index is 0.0470. The summed E-state index contributed by atoms with van der Waals surface area (Å²) in [6, 6.07) is 13.2. The van der Waals surface area contributed by atoms with Gasteiger partial charge in [-0.1, -0.05) is 43.5 Å². The molecule has 8 heteroatoms. The van der Waals surface area contributed by atoms with E-state index in [4.69, 9.17) is 4.74 Å². The van der Waals surface area contributed by atoms with Crippen molar-refractivity contribution in [2.24, 2.45) is 0 Å². The molecular weight excluding hydrogens is 437 g/mol. The molecule has 0 atom stereocenters. The number of esters is 1. The van der Waals surface area contributed by atoms with Crippen LogP contribution in [0.4, 0.5) is 4.39 Å². The lowest BCUT2D eigenvalue weighted by molar-refractivity contribution is -0.153. The van der Waals surface area contributed by atoms with Crippen molar-refractivity contribution in [1.82, 2.24) is 14.5 Å². The molecule has 1 aliphatic carbocycles.